The van der Waals surface area contributed by atoms with E-state index in [-0.39, 0.29) is 21.0 Å². The second-order valence-electron chi connectivity index (χ2n) is 2.98. The van der Waals surface area contributed by atoms with Crippen molar-refractivity contribution in [3.8, 4) is 0 Å². The minimum atomic E-state index is -0.183. The third-order valence-corrected chi connectivity index (χ3v) is 3.45. The van der Waals surface area contributed by atoms with Crippen molar-refractivity contribution in [2.75, 3.05) is 0 Å². The summed E-state index contributed by atoms with van der Waals surface area (Å²) < 4.78 is 0. The number of hydrogen-bond donors (Lipinski definition) is 0. The lowest BCUT2D eigenvalue weighted by molar-refractivity contribution is 0.0976. The average molecular weight is 296 g/mol. The van der Waals surface area contributed by atoms with E-state index in [4.69, 9.17) is 23.2 Å². The summed E-state index contributed by atoms with van der Waals surface area (Å²) in [4.78, 5) is 19.2. The van der Waals surface area contributed by atoms with E-state index in [0.717, 1.165) is 6.42 Å². The van der Waals surface area contributed by atoms with E-state index in [1.807, 2.05) is 0 Å². The molecule has 0 radical (unpaired) electrons. The van der Waals surface area contributed by atoms with Crippen molar-refractivity contribution in [1.82, 2.24) is 9.97 Å². The summed E-state index contributed by atoms with van der Waals surface area (Å²) in [6, 6.07) is 0. The minimum Gasteiger partial charge on any atom is -0.291 e. The number of hydrogen-bond acceptors (Lipinski definition) is 3. The summed E-state index contributed by atoms with van der Waals surface area (Å²) in [5.74, 6) is -0.0718. The molecular weight excluding hydrogens is 291 g/mol. The van der Waals surface area contributed by atoms with Gasteiger partial charge in [0.05, 0.1) is 4.83 Å². The van der Waals surface area contributed by atoms with Gasteiger partial charge in [0.15, 0.2) is 5.78 Å². The first-order chi connectivity index (χ1) is 6.59. The molecule has 74 valence electrons. The van der Waals surface area contributed by atoms with Crippen molar-refractivity contribution in [1.29, 1.82) is 0 Å². The fourth-order valence-electron chi connectivity index (χ4n) is 1.41. The molecule has 3 nitrogen and oxygen atoms in total. The maximum atomic E-state index is 11.7. The highest BCUT2D eigenvalue weighted by molar-refractivity contribution is 9.10. The topological polar surface area (TPSA) is 42.9 Å². The fourth-order valence-corrected chi connectivity index (χ4v) is 2.33. The molecule has 0 amide bonds. The minimum absolute atomic E-state index is 0.0173. The van der Waals surface area contributed by atoms with Crippen LogP contribution in [0.2, 0.25) is 10.4 Å². The van der Waals surface area contributed by atoms with Crippen molar-refractivity contribution < 1.29 is 4.79 Å². The number of Topliss-reactive ketones (excluding diaryl/α,β-unsaturated/α-hetero) is 1. The zero-order chi connectivity index (χ0) is 10.3. The quantitative estimate of drug-likeness (QED) is 0.420. The summed E-state index contributed by atoms with van der Waals surface area (Å²) in [5.41, 5.74) is 1.06. The molecule has 0 aromatic carbocycles. The third-order valence-electron chi connectivity index (χ3n) is 2.10. The average Bonchev–Trinajstić information content (AvgIpc) is 2.12. The van der Waals surface area contributed by atoms with Crippen LogP contribution >= 0.6 is 39.1 Å². The van der Waals surface area contributed by atoms with Gasteiger partial charge in [-0.15, -0.1) is 0 Å². The van der Waals surface area contributed by atoms with Gasteiger partial charge in [0.2, 0.25) is 5.28 Å². The normalized spacial score (nSPS) is 20.8. The zero-order valence-corrected chi connectivity index (χ0v) is 10.0. The molecule has 1 heterocycles. The molecule has 14 heavy (non-hydrogen) atoms. The molecule has 1 aromatic rings. The van der Waals surface area contributed by atoms with Crippen LogP contribution in [0, 0.1) is 0 Å². The maximum absolute atomic E-state index is 11.7. The van der Waals surface area contributed by atoms with Gasteiger partial charge in [-0.05, 0) is 24.4 Å². The van der Waals surface area contributed by atoms with E-state index >= 15 is 0 Å². The van der Waals surface area contributed by atoms with Crippen LogP contribution in [0.4, 0.5) is 0 Å². The highest BCUT2D eigenvalue weighted by Gasteiger charge is 2.29. The molecule has 1 unspecified atom stereocenters. The predicted molar refractivity (Wildman–Crippen MR) is 57.4 cm³/mol. The number of nitrogens with zero attached hydrogens (tertiary/aromatic N) is 2. The highest BCUT2D eigenvalue weighted by atomic mass is 79.9. The lowest BCUT2D eigenvalue weighted by atomic mass is 9.96. The largest absolute Gasteiger partial charge is 0.291 e. The standard InChI is InChI=1S/C8H5BrCl2N2O/c9-4-2-1-3-5(6(4)14)12-8(11)13-7(3)10/h4H,1-2H2. The molecule has 2 rings (SSSR count). The SMILES string of the molecule is O=C1c2nc(Cl)nc(Cl)c2CCC1Br. The third kappa shape index (κ3) is 1.66. The summed E-state index contributed by atoms with van der Waals surface area (Å²) in [5, 5.41) is 0.302. The van der Waals surface area contributed by atoms with Gasteiger partial charge in [-0.25, -0.2) is 9.97 Å². The molecule has 6 heteroatoms. The zero-order valence-electron chi connectivity index (χ0n) is 6.93. The number of aromatic nitrogens is 2. The molecule has 1 aliphatic carbocycles. The lowest BCUT2D eigenvalue weighted by Crippen LogP contribution is -2.24. The Morgan fingerprint density at radius 3 is 2.79 bits per heavy atom. The summed E-state index contributed by atoms with van der Waals surface area (Å²) in [7, 11) is 0. The van der Waals surface area contributed by atoms with Gasteiger partial charge in [-0.1, -0.05) is 27.5 Å². The smallest absolute Gasteiger partial charge is 0.224 e. The Labute approximate surface area is 99.0 Å². The molecule has 1 aliphatic rings. The maximum Gasteiger partial charge on any atom is 0.224 e. The molecule has 0 saturated heterocycles. The van der Waals surface area contributed by atoms with Crippen LogP contribution in [0.3, 0.4) is 0 Å². The Morgan fingerprint density at radius 2 is 2.07 bits per heavy atom. The monoisotopic (exact) mass is 294 g/mol. The Balaban J connectivity index is 2.60. The van der Waals surface area contributed by atoms with Crippen LogP contribution in [-0.2, 0) is 6.42 Å². The molecule has 0 fully saturated rings. The van der Waals surface area contributed by atoms with Crippen LogP contribution in [0.25, 0.3) is 0 Å². The van der Waals surface area contributed by atoms with Crippen molar-refractivity contribution in [3.63, 3.8) is 0 Å². The first-order valence-electron chi connectivity index (χ1n) is 4.00. The lowest BCUT2D eigenvalue weighted by Gasteiger charge is -2.18. The van der Waals surface area contributed by atoms with Crippen molar-refractivity contribution in [3.05, 3.63) is 21.7 Å². The second kappa shape index (κ2) is 3.76. The van der Waals surface area contributed by atoms with E-state index in [1.165, 1.54) is 0 Å². The van der Waals surface area contributed by atoms with Crippen LogP contribution < -0.4 is 0 Å². The van der Waals surface area contributed by atoms with E-state index in [2.05, 4.69) is 25.9 Å². The van der Waals surface area contributed by atoms with Gasteiger partial charge in [0, 0.05) is 5.56 Å². The number of carbonyl (C=O) groups excluding carboxylic acids is 1. The van der Waals surface area contributed by atoms with Crippen LogP contribution in [0.15, 0.2) is 0 Å². The van der Waals surface area contributed by atoms with E-state index in [1.54, 1.807) is 0 Å². The van der Waals surface area contributed by atoms with Crippen LogP contribution in [0.5, 0.6) is 0 Å². The molecule has 0 aliphatic heterocycles. The molecule has 0 spiro atoms. The van der Waals surface area contributed by atoms with Gasteiger partial charge in [0.1, 0.15) is 10.8 Å². The summed E-state index contributed by atoms with van der Waals surface area (Å²) >= 11 is 14.8. The number of fused-ring (bicyclic) bond motifs is 1. The first kappa shape index (κ1) is 10.3. The molecule has 0 saturated carbocycles. The summed E-state index contributed by atoms with van der Waals surface area (Å²) in [6.07, 6.45) is 1.42. The fraction of sp³-hybridized carbons (Fsp3) is 0.375. The van der Waals surface area contributed by atoms with Gasteiger partial charge in [0.25, 0.3) is 0 Å². The molecule has 0 bridgehead atoms. The van der Waals surface area contributed by atoms with Crippen molar-refractivity contribution in [2.24, 2.45) is 0 Å². The predicted octanol–water partition coefficient (Wildman–Crippen LogP) is 2.68. The second-order valence-corrected chi connectivity index (χ2v) is 4.78. The van der Waals surface area contributed by atoms with E-state index in [9.17, 15) is 4.79 Å². The van der Waals surface area contributed by atoms with Crippen LogP contribution in [0.1, 0.15) is 22.5 Å². The number of rotatable bonds is 0. The molecular formula is C8H5BrCl2N2O. The molecule has 1 aromatic heterocycles. The van der Waals surface area contributed by atoms with Gasteiger partial charge >= 0.3 is 0 Å². The molecule has 0 N–H and O–H groups in total. The summed E-state index contributed by atoms with van der Waals surface area (Å²) in [6.45, 7) is 0. The van der Waals surface area contributed by atoms with E-state index < -0.39 is 0 Å². The number of carbonyl (C=O) groups is 1. The van der Waals surface area contributed by atoms with Gasteiger partial charge < -0.3 is 0 Å². The number of ketones is 1. The Kier molecular flexibility index (Phi) is 2.77. The highest BCUT2D eigenvalue weighted by Crippen LogP contribution is 2.29. The Morgan fingerprint density at radius 1 is 1.36 bits per heavy atom. The van der Waals surface area contributed by atoms with Crippen LogP contribution in [-0.4, -0.2) is 20.6 Å². The van der Waals surface area contributed by atoms with E-state index in [0.29, 0.717) is 17.7 Å². The molecule has 1 atom stereocenters. The number of alkyl halides is 1. The van der Waals surface area contributed by atoms with Gasteiger partial charge in [-0.3, -0.25) is 4.79 Å². The Bertz CT molecular complexity index is 411. The number of halogens is 3. The van der Waals surface area contributed by atoms with Crippen molar-refractivity contribution in [2.45, 2.75) is 17.7 Å². The van der Waals surface area contributed by atoms with Crippen molar-refractivity contribution >= 4 is 44.9 Å². The van der Waals surface area contributed by atoms with Gasteiger partial charge in [-0.2, -0.15) is 0 Å². The Hall–Kier alpha value is -0.190. The first-order valence-corrected chi connectivity index (χ1v) is 5.67.